The summed E-state index contributed by atoms with van der Waals surface area (Å²) in [4.78, 5) is 16.0. The van der Waals surface area contributed by atoms with Crippen LogP contribution in [0.15, 0.2) is 34.1 Å². The number of rotatable bonds is 4. The van der Waals surface area contributed by atoms with Crippen LogP contribution in [0.3, 0.4) is 0 Å². The molecule has 2 amide bonds. The highest BCUT2D eigenvalue weighted by molar-refractivity contribution is 7.09. The van der Waals surface area contributed by atoms with Gasteiger partial charge < -0.3 is 9.73 Å². The van der Waals surface area contributed by atoms with Gasteiger partial charge in [-0.25, -0.2) is 14.2 Å². The second-order valence-electron chi connectivity index (χ2n) is 4.60. The number of aryl methyl sites for hydroxylation is 1. The Morgan fingerprint density at radius 2 is 2.09 bits per heavy atom. The van der Waals surface area contributed by atoms with Crippen molar-refractivity contribution in [3.05, 3.63) is 46.0 Å². The first-order valence-corrected chi connectivity index (χ1v) is 7.53. The van der Waals surface area contributed by atoms with E-state index in [0.717, 1.165) is 10.6 Å². The van der Waals surface area contributed by atoms with E-state index in [1.54, 1.807) is 17.5 Å². The maximum Gasteiger partial charge on any atom is 0.324 e. The minimum Gasteiger partial charge on any atom is -0.401 e. The molecule has 3 rings (SSSR count). The minimum absolute atomic E-state index is 0.0257. The fourth-order valence-corrected chi connectivity index (χ4v) is 2.35. The van der Waals surface area contributed by atoms with Crippen molar-refractivity contribution in [2.24, 2.45) is 0 Å². The van der Waals surface area contributed by atoms with E-state index in [1.807, 2.05) is 6.92 Å². The Morgan fingerprint density at radius 1 is 1.30 bits per heavy atom. The summed E-state index contributed by atoms with van der Waals surface area (Å²) in [5, 5.41) is 15.3. The van der Waals surface area contributed by atoms with Gasteiger partial charge in [0, 0.05) is 11.9 Å². The second-order valence-corrected chi connectivity index (χ2v) is 5.66. The Morgan fingerprint density at radius 3 is 2.78 bits per heavy atom. The quantitative estimate of drug-likeness (QED) is 0.766. The molecule has 2 N–H and O–H groups in total. The number of hydrogen-bond donors (Lipinski definition) is 2. The van der Waals surface area contributed by atoms with Crippen LogP contribution in [-0.4, -0.2) is 21.2 Å². The van der Waals surface area contributed by atoms with Crippen molar-refractivity contribution >= 4 is 23.4 Å². The molecule has 0 radical (unpaired) electrons. The van der Waals surface area contributed by atoms with Gasteiger partial charge in [-0.2, -0.15) is 0 Å². The lowest BCUT2D eigenvalue weighted by Gasteiger charge is -2.04. The molecule has 0 saturated carbocycles. The first kappa shape index (κ1) is 15.1. The van der Waals surface area contributed by atoms with Gasteiger partial charge in [0.15, 0.2) is 0 Å². The van der Waals surface area contributed by atoms with Gasteiger partial charge in [-0.15, -0.1) is 16.4 Å². The number of amides is 2. The maximum absolute atomic E-state index is 12.8. The summed E-state index contributed by atoms with van der Waals surface area (Å²) < 4.78 is 18.1. The van der Waals surface area contributed by atoms with Crippen LogP contribution in [0, 0.1) is 12.7 Å². The zero-order valence-electron chi connectivity index (χ0n) is 12.0. The molecule has 7 nitrogen and oxygen atoms in total. The molecule has 9 heteroatoms. The monoisotopic (exact) mass is 333 g/mol. The number of thiazole rings is 1. The van der Waals surface area contributed by atoms with Crippen molar-refractivity contribution in [2.45, 2.75) is 13.5 Å². The summed E-state index contributed by atoms with van der Waals surface area (Å²) in [5.74, 6) is -0.0861. The number of nitrogens with one attached hydrogen (secondary N) is 2. The highest BCUT2D eigenvalue weighted by atomic mass is 32.1. The summed E-state index contributed by atoms with van der Waals surface area (Å²) in [7, 11) is 0. The van der Waals surface area contributed by atoms with Crippen LogP contribution < -0.4 is 10.6 Å². The van der Waals surface area contributed by atoms with Crippen LogP contribution in [0.1, 0.15) is 10.6 Å². The molecular formula is C14H12FN5O2S. The van der Waals surface area contributed by atoms with E-state index in [1.165, 1.54) is 23.5 Å². The van der Waals surface area contributed by atoms with Gasteiger partial charge in [0.1, 0.15) is 11.5 Å². The van der Waals surface area contributed by atoms with E-state index >= 15 is 0 Å². The number of urea groups is 1. The third kappa shape index (κ3) is 3.89. The van der Waals surface area contributed by atoms with E-state index in [4.69, 9.17) is 4.42 Å². The van der Waals surface area contributed by atoms with Gasteiger partial charge in [-0.1, -0.05) is 17.2 Å². The molecule has 0 aliphatic carbocycles. The number of carbonyl (C=O) groups excluding carboxylic acids is 1. The van der Waals surface area contributed by atoms with Crippen molar-refractivity contribution in [2.75, 3.05) is 5.32 Å². The molecule has 0 fully saturated rings. The Labute approximate surface area is 134 Å². The standard InChI is InChI=1S/C14H12FN5O2S/c1-8-17-11(7-23-8)12-19-20-14(22-12)18-13(21)16-6-9-2-4-10(15)5-3-9/h2-5,7H,6H2,1H3,(H2,16,18,20,21). The van der Waals surface area contributed by atoms with Crippen molar-refractivity contribution in [1.29, 1.82) is 0 Å². The van der Waals surface area contributed by atoms with Crippen LogP contribution >= 0.6 is 11.3 Å². The fourth-order valence-electron chi connectivity index (χ4n) is 1.76. The zero-order chi connectivity index (χ0) is 16.2. The molecule has 0 saturated heterocycles. The first-order valence-electron chi connectivity index (χ1n) is 6.65. The van der Waals surface area contributed by atoms with Crippen molar-refractivity contribution < 1.29 is 13.6 Å². The van der Waals surface area contributed by atoms with Gasteiger partial charge in [0.2, 0.25) is 0 Å². The average Bonchev–Trinajstić information content (AvgIpc) is 3.16. The number of benzene rings is 1. The highest BCUT2D eigenvalue weighted by Gasteiger charge is 2.13. The molecule has 118 valence electrons. The Hall–Kier alpha value is -2.81. The topological polar surface area (TPSA) is 92.9 Å². The lowest BCUT2D eigenvalue weighted by atomic mass is 10.2. The first-order chi connectivity index (χ1) is 11.1. The molecule has 0 bridgehead atoms. The van der Waals surface area contributed by atoms with Crippen molar-refractivity contribution in [1.82, 2.24) is 20.5 Å². The third-order valence-electron chi connectivity index (χ3n) is 2.85. The van der Waals surface area contributed by atoms with Gasteiger partial charge in [-0.3, -0.25) is 5.32 Å². The second kappa shape index (κ2) is 6.53. The van der Waals surface area contributed by atoms with Crippen LogP contribution in [0.4, 0.5) is 15.2 Å². The number of aromatic nitrogens is 3. The van der Waals surface area contributed by atoms with E-state index in [-0.39, 0.29) is 24.3 Å². The van der Waals surface area contributed by atoms with Gasteiger partial charge in [0.25, 0.3) is 5.89 Å². The van der Waals surface area contributed by atoms with E-state index < -0.39 is 6.03 Å². The van der Waals surface area contributed by atoms with Crippen LogP contribution in [0.2, 0.25) is 0 Å². The number of hydrogen-bond acceptors (Lipinski definition) is 6. The number of nitrogens with zero attached hydrogens (tertiary/aromatic N) is 3. The van der Waals surface area contributed by atoms with Gasteiger partial charge in [-0.05, 0) is 24.6 Å². The van der Waals surface area contributed by atoms with Crippen LogP contribution in [0.5, 0.6) is 0 Å². The number of halogens is 1. The largest absolute Gasteiger partial charge is 0.401 e. The van der Waals surface area contributed by atoms with Crippen LogP contribution in [0.25, 0.3) is 11.6 Å². The molecule has 2 aromatic heterocycles. The molecule has 1 aromatic carbocycles. The lowest BCUT2D eigenvalue weighted by Crippen LogP contribution is -2.28. The van der Waals surface area contributed by atoms with Crippen molar-refractivity contribution in [3.8, 4) is 11.6 Å². The number of anilines is 1. The van der Waals surface area contributed by atoms with Crippen LogP contribution in [-0.2, 0) is 6.54 Å². The summed E-state index contributed by atoms with van der Waals surface area (Å²) >= 11 is 1.46. The molecular weight excluding hydrogens is 321 g/mol. The molecule has 0 aliphatic heterocycles. The fraction of sp³-hybridized carbons (Fsp3) is 0.143. The minimum atomic E-state index is -0.501. The SMILES string of the molecule is Cc1nc(-c2nnc(NC(=O)NCc3ccc(F)cc3)o2)cs1. The van der Waals surface area contributed by atoms with E-state index in [2.05, 4.69) is 25.8 Å². The zero-order valence-corrected chi connectivity index (χ0v) is 12.9. The summed E-state index contributed by atoms with van der Waals surface area (Å²) in [6, 6.07) is 5.31. The molecule has 0 unspecified atom stereocenters. The Balaban J connectivity index is 1.56. The lowest BCUT2D eigenvalue weighted by molar-refractivity contribution is 0.251. The molecule has 0 aliphatic rings. The Bertz CT molecular complexity index is 815. The third-order valence-corrected chi connectivity index (χ3v) is 3.62. The van der Waals surface area contributed by atoms with Crippen molar-refractivity contribution in [3.63, 3.8) is 0 Å². The predicted octanol–water partition coefficient (Wildman–Crippen LogP) is 2.96. The van der Waals surface area contributed by atoms with Gasteiger partial charge in [0.05, 0.1) is 5.01 Å². The predicted molar refractivity (Wildman–Crippen MR) is 82.4 cm³/mol. The smallest absolute Gasteiger partial charge is 0.324 e. The van der Waals surface area contributed by atoms with E-state index in [0.29, 0.717) is 5.69 Å². The molecule has 3 aromatic rings. The average molecular weight is 333 g/mol. The summed E-state index contributed by atoms with van der Waals surface area (Å²) in [6.07, 6.45) is 0. The molecule has 2 heterocycles. The van der Waals surface area contributed by atoms with Gasteiger partial charge >= 0.3 is 12.0 Å². The van der Waals surface area contributed by atoms with E-state index in [9.17, 15) is 9.18 Å². The normalized spacial score (nSPS) is 10.5. The highest BCUT2D eigenvalue weighted by Crippen LogP contribution is 2.21. The molecule has 23 heavy (non-hydrogen) atoms. The molecule has 0 atom stereocenters. The number of carbonyl (C=O) groups is 1. The summed E-state index contributed by atoms with van der Waals surface area (Å²) in [6.45, 7) is 2.12. The summed E-state index contributed by atoms with van der Waals surface area (Å²) in [5.41, 5.74) is 1.34. The maximum atomic E-state index is 12.8. The Kier molecular flexibility index (Phi) is 4.29. The molecule has 0 spiro atoms.